The van der Waals surface area contributed by atoms with E-state index in [1.807, 2.05) is 0 Å². The van der Waals surface area contributed by atoms with Gasteiger partial charge in [-0.15, -0.1) is 11.6 Å². The highest BCUT2D eigenvalue weighted by Gasteiger charge is 2.24. The molecule has 17 heavy (non-hydrogen) atoms. The summed E-state index contributed by atoms with van der Waals surface area (Å²) in [5.74, 6) is -1.32. The normalized spacial score (nSPS) is 14.4. The maximum atomic E-state index is 13.3. The van der Waals surface area contributed by atoms with Crippen LogP contribution in [-0.4, -0.2) is 27.1 Å². The van der Waals surface area contributed by atoms with E-state index in [1.165, 1.54) is 0 Å². The average molecular weight is 265 g/mol. The van der Waals surface area contributed by atoms with Crippen molar-refractivity contribution in [2.24, 2.45) is 0 Å². The van der Waals surface area contributed by atoms with Crippen LogP contribution in [-0.2, 0) is 0 Å². The van der Waals surface area contributed by atoms with Crippen LogP contribution >= 0.6 is 11.6 Å². The molecule has 1 rings (SSSR count). The number of aliphatic hydroxyl groups excluding tert-OH is 2. The molecule has 0 saturated carbocycles. The predicted molar refractivity (Wildman–Crippen MR) is 59.2 cm³/mol. The van der Waals surface area contributed by atoms with E-state index in [2.05, 4.69) is 0 Å². The van der Waals surface area contributed by atoms with Crippen LogP contribution < -0.4 is 5.73 Å². The van der Waals surface area contributed by atoms with Crippen molar-refractivity contribution in [3.05, 3.63) is 33.6 Å². The molecule has 0 spiro atoms. The summed E-state index contributed by atoms with van der Waals surface area (Å²) in [6.45, 7) is 0. The van der Waals surface area contributed by atoms with Gasteiger partial charge < -0.3 is 15.9 Å². The van der Waals surface area contributed by atoms with Crippen LogP contribution in [0.5, 0.6) is 0 Å². The second kappa shape index (κ2) is 5.26. The highest BCUT2D eigenvalue weighted by molar-refractivity contribution is 6.18. The Kier molecular flexibility index (Phi) is 4.22. The monoisotopic (exact) mass is 264 g/mol. The minimum Gasteiger partial charge on any atom is -0.391 e. The van der Waals surface area contributed by atoms with Crippen molar-refractivity contribution in [3.8, 4) is 0 Å². The smallest absolute Gasteiger partial charge is 0.295 e. The number of nitrogens with two attached hydrogens (primary N) is 1. The van der Waals surface area contributed by atoms with Gasteiger partial charge in [0.15, 0.2) is 5.82 Å². The largest absolute Gasteiger partial charge is 0.391 e. The number of halogens is 2. The summed E-state index contributed by atoms with van der Waals surface area (Å²) < 4.78 is 13.3. The van der Waals surface area contributed by atoms with Crippen molar-refractivity contribution >= 4 is 23.0 Å². The lowest BCUT2D eigenvalue weighted by Gasteiger charge is -2.16. The quantitative estimate of drug-likeness (QED) is 0.325. The Bertz CT molecular complexity index is 443. The molecule has 0 saturated heterocycles. The van der Waals surface area contributed by atoms with Crippen molar-refractivity contribution in [1.29, 1.82) is 0 Å². The summed E-state index contributed by atoms with van der Waals surface area (Å²) in [6, 6.07) is 1.72. The summed E-state index contributed by atoms with van der Waals surface area (Å²) in [4.78, 5) is 9.70. The molecule has 0 amide bonds. The molecule has 1 aromatic rings. The van der Waals surface area contributed by atoms with Gasteiger partial charge in [0.1, 0.15) is 11.8 Å². The number of nitrogen functional groups attached to an aromatic ring is 1. The Labute approximate surface area is 101 Å². The zero-order valence-electron chi connectivity index (χ0n) is 8.51. The molecule has 6 nitrogen and oxygen atoms in total. The molecule has 0 heterocycles. The number of rotatable bonds is 4. The van der Waals surface area contributed by atoms with E-state index >= 15 is 0 Å². The number of nitro groups is 1. The van der Waals surface area contributed by atoms with Gasteiger partial charge >= 0.3 is 0 Å². The second-order valence-electron chi connectivity index (χ2n) is 3.36. The van der Waals surface area contributed by atoms with Crippen molar-refractivity contribution in [2.75, 3.05) is 11.6 Å². The van der Waals surface area contributed by atoms with Gasteiger partial charge in [-0.1, -0.05) is 0 Å². The minimum atomic E-state index is -1.51. The van der Waals surface area contributed by atoms with E-state index in [4.69, 9.17) is 17.3 Å². The Morgan fingerprint density at radius 2 is 2.12 bits per heavy atom. The molecule has 0 bridgehead atoms. The number of aliphatic hydroxyl groups is 2. The first-order chi connectivity index (χ1) is 7.88. The van der Waals surface area contributed by atoms with E-state index < -0.39 is 34.3 Å². The molecule has 4 N–H and O–H groups in total. The van der Waals surface area contributed by atoms with Crippen LogP contribution in [0.1, 0.15) is 11.7 Å². The number of hydrogen-bond donors (Lipinski definition) is 3. The third-order valence-corrected chi connectivity index (χ3v) is 2.51. The van der Waals surface area contributed by atoms with Crippen LogP contribution in [0.3, 0.4) is 0 Å². The Hall–Kier alpha value is -1.44. The van der Waals surface area contributed by atoms with Crippen LogP contribution in [0, 0.1) is 15.9 Å². The average Bonchev–Trinajstić information content (AvgIpc) is 2.30. The zero-order valence-corrected chi connectivity index (χ0v) is 9.26. The lowest BCUT2D eigenvalue weighted by atomic mass is 10.0. The molecule has 1 aromatic carbocycles. The topological polar surface area (TPSA) is 110 Å². The lowest BCUT2D eigenvalue weighted by molar-refractivity contribution is -0.384. The molecule has 0 fully saturated rings. The predicted octanol–water partition coefficient (Wildman–Crippen LogP) is 0.949. The minimum absolute atomic E-state index is 0.156. The molecule has 0 aliphatic heterocycles. The molecule has 8 heteroatoms. The van der Waals surface area contributed by atoms with E-state index in [1.54, 1.807) is 0 Å². The maximum absolute atomic E-state index is 13.3. The Morgan fingerprint density at radius 3 is 2.59 bits per heavy atom. The van der Waals surface area contributed by atoms with E-state index in [0.29, 0.717) is 0 Å². The first-order valence-electron chi connectivity index (χ1n) is 4.54. The fourth-order valence-electron chi connectivity index (χ4n) is 1.25. The highest BCUT2D eigenvalue weighted by atomic mass is 35.5. The van der Waals surface area contributed by atoms with E-state index in [0.717, 1.165) is 12.1 Å². The molecule has 2 atom stereocenters. The van der Waals surface area contributed by atoms with Crippen molar-refractivity contribution in [1.82, 2.24) is 0 Å². The highest BCUT2D eigenvalue weighted by Crippen LogP contribution is 2.30. The maximum Gasteiger partial charge on any atom is 0.295 e. The molecule has 0 radical (unpaired) electrons. The summed E-state index contributed by atoms with van der Waals surface area (Å²) in [6.07, 6.45) is -2.86. The fourth-order valence-corrected chi connectivity index (χ4v) is 1.42. The summed E-state index contributed by atoms with van der Waals surface area (Å²) in [5.41, 5.74) is 3.73. The first-order valence-corrected chi connectivity index (χ1v) is 5.07. The number of nitrogens with zero attached hydrogens (tertiary/aromatic N) is 1. The number of benzene rings is 1. The summed E-state index contributed by atoms with van der Waals surface area (Å²) >= 11 is 5.31. The van der Waals surface area contributed by atoms with Gasteiger partial charge in [0.25, 0.3) is 5.69 Å². The standard InChI is InChI=1S/C9H10ClFN2O4/c10-3-7(14)9(15)4-1-5(11)8(12)6(2-4)13(16)17/h1-2,7,9,14-15H,3,12H2. The van der Waals surface area contributed by atoms with Gasteiger partial charge in [-0.05, 0) is 11.6 Å². The number of hydrogen-bond acceptors (Lipinski definition) is 5. The van der Waals surface area contributed by atoms with Crippen molar-refractivity contribution in [3.63, 3.8) is 0 Å². The number of alkyl halides is 1. The molecule has 2 unspecified atom stereocenters. The van der Waals surface area contributed by atoms with Crippen LogP contribution in [0.15, 0.2) is 12.1 Å². The number of anilines is 1. The molecular weight excluding hydrogens is 255 g/mol. The zero-order chi connectivity index (χ0) is 13.2. The van der Waals surface area contributed by atoms with Gasteiger partial charge in [-0.25, -0.2) is 4.39 Å². The van der Waals surface area contributed by atoms with Crippen LogP contribution in [0.25, 0.3) is 0 Å². The molecular formula is C9H10ClFN2O4. The molecule has 0 aliphatic rings. The molecule has 94 valence electrons. The van der Waals surface area contributed by atoms with E-state index in [-0.39, 0.29) is 11.4 Å². The van der Waals surface area contributed by atoms with Crippen LogP contribution in [0.2, 0.25) is 0 Å². The number of nitro benzene ring substituents is 1. The Balaban J connectivity index is 3.23. The third kappa shape index (κ3) is 2.82. The van der Waals surface area contributed by atoms with Gasteiger partial charge in [0.05, 0.1) is 16.9 Å². The van der Waals surface area contributed by atoms with Gasteiger partial charge in [0, 0.05) is 6.07 Å². The van der Waals surface area contributed by atoms with Gasteiger partial charge in [-0.3, -0.25) is 10.1 Å². The second-order valence-corrected chi connectivity index (χ2v) is 3.67. The Morgan fingerprint density at radius 1 is 1.53 bits per heavy atom. The van der Waals surface area contributed by atoms with Crippen molar-refractivity contribution in [2.45, 2.75) is 12.2 Å². The fraction of sp³-hybridized carbons (Fsp3) is 0.333. The summed E-state index contributed by atoms with van der Waals surface area (Å²) in [7, 11) is 0. The first kappa shape index (κ1) is 13.6. The lowest BCUT2D eigenvalue weighted by Crippen LogP contribution is -2.20. The van der Waals surface area contributed by atoms with Crippen LogP contribution in [0.4, 0.5) is 15.8 Å². The van der Waals surface area contributed by atoms with Gasteiger partial charge in [-0.2, -0.15) is 0 Å². The van der Waals surface area contributed by atoms with Crippen molar-refractivity contribution < 1.29 is 19.5 Å². The SMILES string of the molecule is Nc1c(F)cc(C(O)C(O)CCl)cc1[N+](=O)[O-]. The van der Waals surface area contributed by atoms with Gasteiger partial charge in [0.2, 0.25) is 0 Å². The van der Waals surface area contributed by atoms with E-state index in [9.17, 15) is 24.7 Å². The third-order valence-electron chi connectivity index (χ3n) is 2.19. The molecule has 0 aliphatic carbocycles. The summed E-state index contributed by atoms with van der Waals surface area (Å²) in [5, 5.41) is 29.4. The molecule has 0 aromatic heterocycles.